The molecule has 1 saturated heterocycles. The van der Waals surface area contributed by atoms with Crippen molar-refractivity contribution in [3.63, 3.8) is 0 Å². The molecule has 26 heavy (non-hydrogen) atoms. The zero-order valence-electron chi connectivity index (χ0n) is 14.0. The quantitative estimate of drug-likeness (QED) is 0.676. The van der Waals surface area contributed by atoms with Gasteiger partial charge in [-0.25, -0.2) is 9.97 Å². The van der Waals surface area contributed by atoms with E-state index in [9.17, 15) is 0 Å². The van der Waals surface area contributed by atoms with E-state index in [0.29, 0.717) is 16.6 Å². The standard InChI is InChI=1S/C18H17Cl2N5O/c19-13-2-3-15(16(20)10-13)17-11-14(26-23-17)12-24-6-8-25(9-7-24)18-21-4-1-5-22-18/h1-5,10-11H,6-9,12H2. The van der Waals surface area contributed by atoms with Crippen molar-refractivity contribution in [2.24, 2.45) is 0 Å². The van der Waals surface area contributed by atoms with E-state index in [1.165, 1.54) is 0 Å². The van der Waals surface area contributed by atoms with Gasteiger partial charge in [-0.1, -0.05) is 28.4 Å². The summed E-state index contributed by atoms with van der Waals surface area (Å²) in [5.41, 5.74) is 1.54. The fraction of sp³-hybridized carbons (Fsp3) is 0.278. The van der Waals surface area contributed by atoms with Crippen LogP contribution in [-0.2, 0) is 6.54 Å². The number of halogens is 2. The molecule has 0 saturated carbocycles. The van der Waals surface area contributed by atoms with Gasteiger partial charge in [0.2, 0.25) is 5.95 Å². The lowest BCUT2D eigenvalue weighted by atomic mass is 10.1. The number of hydrogen-bond acceptors (Lipinski definition) is 6. The second-order valence-electron chi connectivity index (χ2n) is 6.11. The maximum Gasteiger partial charge on any atom is 0.225 e. The summed E-state index contributed by atoms with van der Waals surface area (Å²) >= 11 is 12.2. The summed E-state index contributed by atoms with van der Waals surface area (Å²) < 4.78 is 5.50. The molecular weight excluding hydrogens is 373 g/mol. The highest BCUT2D eigenvalue weighted by molar-refractivity contribution is 6.36. The number of nitrogens with zero attached hydrogens (tertiary/aromatic N) is 5. The summed E-state index contributed by atoms with van der Waals surface area (Å²) in [6.45, 7) is 4.30. The summed E-state index contributed by atoms with van der Waals surface area (Å²) in [4.78, 5) is 13.1. The fourth-order valence-corrected chi connectivity index (χ4v) is 3.50. The van der Waals surface area contributed by atoms with Gasteiger partial charge in [-0.05, 0) is 24.3 Å². The Hall–Kier alpha value is -2.15. The molecule has 1 aliphatic rings. The predicted octanol–water partition coefficient (Wildman–Crippen LogP) is 3.76. The van der Waals surface area contributed by atoms with Crippen molar-refractivity contribution in [2.75, 3.05) is 31.1 Å². The maximum atomic E-state index is 6.25. The van der Waals surface area contributed by atoms with Crippen LogP contribution in [0.1, 0.15) is 5.76 Å². The number of hydrogen-bond donors (Lipinski definition) is 0. The van der Waals surface area contributed by atoms with E-state index in [2.05, 4.69) is 24.9 Å². The second kappa shape index (κ2) is 7.61. The first-order valence-corrected chi connectivity index (χ1v) is 9.10. The largest absolute Gasteiger partial charge is 0.359 e. The Labute approximate surface area is 161 Å². The summed E-state index contributed by atoms with van der Waals surface area (Å²) in [5.74, 6) is 1.60. The monoisotopic (exact) mass is 389 g/mol. The van der Waals surface area contributed by atoms with Gasteiger partial charge >= 0.3 is 0 Å². The van der Waals surface area contributed by atoms with Crippen LogP contribution in [0.4, 0.5) is 5.95 Å². The van der Waals surface area contributed by atoms with Gasteiger partial charge in [-0.3, -0.25) is 4.90 Å². The molecule has 0 N–H and O–H groups in total. The molecule has 0 spiro atoms. The Balaban J connectivity index is 1.38. The average Bonchev–Trinajstić information content (AvgIpc) is 3.11. The lowest BCUT2D eigenvalue weighted by molar-refractivity contribution is 0.219. The first-order valence-electron chi connectivity index (χ1n) is 8.34. The fourth-order valence-electron chi connectivity index (χ4n) is 2.99. The number of anilines is 1. The minimum atomic E-state index is 0.564. The summed E-state index contributed by atoms with van der Waals surface area (Å²) in [6.07, 6.45) is 3.54. The number of rotatable bonds is 4. The minimum Gasteiger partial charge on any atom is -0.359 e. The Morgan fingerprint density at radius 3 is 2.50 bits per heavy atom. The first kappa shape index (κ1) is 17.3. The van der Waals surface area contributed by atoms with Crippen molar-refractivity contribution in [3.8, 4) is 11.3 Å². The summed E-state index contributed by atoms with van der Waals surface area (Å²) in [7, 11) is 0. The highest BCUT2D eigenvalue weighted by Crippen LogP contribution is 2.30. The van der Waals surface area contributed by atoms with E-state index < -0.39 is 0 Å². The Bertz CT molecular complexity index is 878. The van der Waals surface area contributed by atoms with Crippen LogP contribution in [0.2, 0.25) is 10.0 Å². The summed E-state index contributed by atoms with van der Waals surface area (Å²) in [6, 6.07) is 9.11. The molecule has 3 aromatic rings. The van der Waals surface area contributed by atoms with Crippen LogP contribution in [0.15, 0.2) is 47.2 Å². The van der Waals surface area contributed by atoms with Gasteiger partial charge in [0.1, 0.15) is 5.69 Å². The third kappa shape index (κ3) is 3.82. The molecule has 6 nitrogen and oxygen atoms in total. The van der Waals surface area contributed by atoms with Crippen LogP contribution in [0.25, 0.3) is 11.3 Å². The molecule has 4 rings (SSSR count). The smallest absolute Gasteiger partial charge is 0.225 e. The normalized spacial score (nSPS) is 15.4. The Morgan fingerprint density at radius 2 is 1.77 bits per heavy atom. The zero-order valence-corrected chi connectivity index (χ0v) is 15.5. The number of aromatic nitrogens is 3. The molecule has 0 unspecified atom stereocenters. The van der Waals surface area contributed by atoms with Crippen LogP contribution < -0.4 is 4.90 Å². The molecule has 0 amide bonds. The van der Waals surface area contributed by atoms with Gasteiger partial charge < -0.3 is 9.42 Å². The Kier molecular flexibility index (Phi) is 5.06. The molecule has 3 heterocycles. The topological polar surface area (TPSA) is 58.3 Å². The third-order valence-electron chi connectivity index (χ3n) is 4.35. The van der Waals surface area contributed by atoms with E-state index >= 15 is 0 Å². The van der Waals surface area contributed by atoms with Crippen LogP contribution in [0.5, 0.6) is 0 Å². The molecule has 1 fully saturated rings. The molecule has 0 atom stereocenters. The van der Waals surface area contributed by atoms with Crippen molar-refractivity contribution in [1.29, 1.82) is 0 Å². The maximum absolute atomic E-state index is 6.25. The highest BCUT2D eigenvalue weighted by Gasteiger charge is 2.20. The molecule has 0 aliphatic carbocycles. The van der Waals surface area contributed by atoms with Crippen LogP contribution >= 0.6 is 23.2 Å². The van der Waals surface area contributed by atoms with E-state index in [-0.39, 0.29) is 0 Å². The lowest BCUT2D eigenvalue weighted by Gasteiger charge is -2.33. The first-order chi connectivity index (χ1) is 12.7. The van der Waals surface area contributed by atoms with E-state index in [4.69, 9.17) is 27.7 Å². The van der Waals surface area contributed by atoms with Gasteiger partial charge in [-0.15, -0.1) is 0 Å². The van der Waals surface area contributed by atoms with Crippen LogP contribution in [0.3, 0.4) is 0 Å². The average molecular weight is 390 g/mol. The number of benzene rings is 1. The summed E-state index contributed by atoms with van der Waals surface area (Å²) in [5, 5.41) is 5.31. The molecule has 2 aromatic heterocycles. The van der Waals surface area contributed by atoms with Crippen LogP contribution in [-0.4, -0.2) is 46.2 Å². The zero-order chi connectivity index (χ0) is 17.9. The molecule has 1 aromatic carbocycles. The van der Waals surface area contributed by atoms with Gasteiger partial charge in [0.05, 0.1) is 11.6 Å². The van der Waals surface area contributed by atoms with Crippen molar-refractivity contribution < 1.29 is 4.52 Å². The Morgan fingerprint density at radius 1 is 1.00 bits per heavy atom. The van der Waals surface area contributed by atoms with Crippen molar-refractivity contribution in [3.05, 3.63) is 58.5 Å². The van der Waals surface area contributed by atoms with Crippen molar-refractivity contribution >= 4 is 29.2 Å². The van der Waals surface area contributed by atoms with Gasteiger partial charge in [0, 0.05) is 55.2 Å². The second-order valence-corrected chi connectivity index (χ2v) is 6.96. The molecule has 1 aliphatic heterocycles. The molecule has 0 radical (unpaired) electrons. The number of piperazine rings is 1. The minimum absolute atomic E-state index is 0.564. The van der Waals surface area contributed by atoms with Gasteiger partial charge in [0.15, 0.2) is 5.76 Å². The third-order valence-corrected chi connectivity index (χ3v) is 4.90. The van der Waals surface area contributed by atoms with E-state index in [1.807, 2.05) is 18.2 Å². The SMILES string of the molecule is Clc1ccc(-c2cc(CN3CCN(c4ncccn4)CC3)on2)c(Cl)c1. The predicted molar refractivity (Wildman–Crippen MR) is 101 cm³/mol. The van der Waals surface area contributed by atoms with E-state index in [1.54, 1.807) is 24.5 Å². The molecule has 0 bridgehead atoms. The van der Waals surface area contributed by atoms with Crippen molar-refractivity contribution in [1.82, 2.24) is 20.0 Å². The van der Waals surface area contributed by atoms with Gasteiger partial charge in [-0.2, -0.15) is 0 Å². The highest BCUT2D eigenvalue weighted by atomic mass is 35.5. The molecular formula is C18H17Cl2N5O. The van der Waals surface area contributed by atoms with E-state index in [0.717, 1.165) is 49.1 Å². The van der Waals surface area contributed by atoms with Gasteiger partial charge in [0.25, 0.3) is 0 Å². The lowest BCUT2D eigenvalue weighted by Crippen LogP contribution is -2.46. The molecule has 8 heteroatoms. The van der Waals surface area contributed by atoms with Crippen molar-refractivity contribution in [2.45, 2.75) is 6.54 Å². The van der Waals surface area contributed by atoms with Crippen LogP contribution in [0, 0.1) is 0 Å². The molecule has 134 valence electrons.